The lowest BCUT2D eigenvalue weighted by Gasteiger charge is -2.08. The molecule has 5 nitrogen and oxygen atoms in total. The van der Waals surface area contributed by atoms with Gasteiger partial charge in [0.05, 0.1) is 11.9 Å². The van der Waals surface area contributed by atoms with Gasteiger partial charge in [0.15, 0.2) is 0 Å². The van der Waals surface area contributed by atoms with Crippen LogP contribution >= 0.6 is 15.9 Å². The number of hydrogen-bond acceptors (Lipinski definition) is 4. The van der Waals surface area contributed by atoms with Crippen molar-refractivity contribution in [3.8, 4) is 0 Å². The molecule has 0 saturated carbocycles. The topological polar surface area (TPSA) is 72.9 Å². The zero-order valence-corrected chi connectivity index (χ0v) is 11.4. The van der Waals surface area contributed by atoms with E-state index in [-0.39, 0.29) is 5.56 Å². The Balaban J connectivity index is 2.78. The van der Waals surface area contributed by atoms with E-state index < -0.39 is 0 Å². The third kappa shape index (κ3) is 3.98. The highest BCUT2D eigenvalue weighted by atomic mass is 79.9. The number of nitrogens with zero attached hydrogens (tertiary/aromatic N) is 2. The molecule has 0 atom stereocenters. The van der Waals surface area contributed by atoms with Gasteiger partial charge in [0.2, 0.25) is 0 Å². The summed E-state index contributed by atoms with van der Waals surface area (Å²) in [6, 6.07) is 0. The molecule has 1 aromatic heterocycles. The first-order valence-electron chi connectivity index (χ1n) is 5.55. The van der Waals surface area contributed by atoms with Crippen molar-refractivity contribution in [2.24, 2.45) is 5.73 Å². The molecule has 1 heterocycles. The van der Waals surface area contributed by atoms with Crippen LogP contribution < -0.4 is 16.6 Å². The average molecular weight is 301 g/mol. The predicted octanol–water partition coefficient (Wildman–Crippen LogP) is 1.34. The van der Waals surface area contributed by atoms with E-state index in [9.17, 15) is 4.79 Å². The highest BCUT2D eigenvalue weighted by molar-refractivity contribution is 9.10. The van der Waals surface area contributed by atoms with Crippen molar-refractivity contribution in [3.63, 3.8) is 0 Å². The van der Waals surface area contributed by atoms with E-state index in [2.05, 4.69) is 26.3 Å². The third-order valence-corrected chi connectivity index (χ3v) is 2.90. The molecule has 17 heavy (non-hydrogen) atoms. The van der Waals surface area contributed by atoms with Gasteiger partial charge in [-0.25, -0.2) is 4.68 Å². The van der Waals surface area contributed by atoms with Crippen LogP contribution in [-0.4, -0.2) is 22.9 Å². The minimum atomic E-state index is -0.111. The van der Waals surface area contributed by atoms with Crippen LogP contribution in [0.25, 0.3) is 0 Å². The van der Waals surface area contributed by atoms with Gasteiger partial charge in [-0.3, -0.25) is 4.79 Å². The molecule has 3 N–H and O–H groups in total. The standard InChI is InChI=1S/C11H17BrN4O/c1-2-7-16-11(17)10(12)9(8-15-16)14-6-4-3-5-13/h3-4,8,14H,2,5-7,13H2,1H3/b4-3+. The maximum atomic E-state index is 11.8. The lowest BCUT2D eigenvalue weighted by atomic mass is 10.4. The minimum absolute atomic E-state index is 0.111. The molecule has 0 saturated heterocycles. The Morgan fingerprint density at radius 2 is 2.35 bits per heavy atom. The summed E-state index contributed by atoms with van der Waals surface area (Å²) in [4.78, 5) is 11.8. The van der Waals surface area contributed by atoms with E-state index in [1.54, 1.807) is 6.20 Å². The van der Waals surface area contributed by atoms with Crippen LogP contribution in [-0.2, 0) is 6.54 Å². The Morgan fingerprint density at radius 3 is 3.00 bits per heavy atom. The van der Waals surface area contributed by atoms with E-state index >= 15 is 0 Å². The van der Waals surface area contributed by atoms with Crippen LogP contribution in [0.4, 0.5) is 5.69 Å². The summed E-state index contributed by atoms with van der Waals surface area (Å²) in [5.74, 6) is 0. The van der Waals surface area contributed by atoms with Gasteiger partial charge in [0.1, 0.15) is 4.47 Å². The third-order valence-electron chi connectivity index (χ3n) is 2.13. The molecule has 1 aromatic rings. The van der Waals surface area contributed by atoms with Crippen molar-refractivity contribution in [3.05, 3.63) is 33.2 Å². The van der Waals surface area contributed by atoms with Gasteiger partial charge in [-0.2, -0.15) is 5.10 Å². The number of aryl methyl sites for hydroxylation is 1. The van der Waals surface area contributed by atoms with Crippen LogP contribution in [0.1, 0.15) is 13.3 Å². The van der Waals surface area contributed by atoms with Crippen molar-refractivity contribution in [1.82, 2.24) is 9.78 Å². The number of anilines is 1. The molecule has 94 valence electrons. The highest BCUT2D eigenvalue weighted by Gasteiger charge is 2.06. The Bertz CT molecular complexity index is 442. The summed E-state index contributed by atoms with van der Waals surface area (Å²) in [5, 5.41) is 7.18. The van der Waals surface area contributed by atoms with Crippen molar-refractivity contribution in [2.75, 3.05) is 18.4 Å². The zero-order valence-electron chi connectivity index (χ0n) is 9.82. The second kappa shape index (κ2) is 7.24. The smallest absolute Gasteiger partial charge is 0.283 e. The van der Waals surface area contributed by atoms with E-state index in [0.29, 0.717) is 29.8 Å². The molecule has 1 rings (SSSR count). The van der Waals surface area contributed by atoms with Crippen molar-refractivity contribution >= 4 is 21.6 Å². The largest absolute Gasteiger partial charge is 0.379 e. The number of hydrogen-bond donors (Lipinski definition) is 2. The first-order valence-corrected chi connectivity index (χ1v) is 6.34. The van der Waals surface area contributed by atoms with Crippen LogP contribution in [0.2, 0.25) is 0 Å². The van der Waals surface area contributed by atoms with E-state index in [1.807, 2.05) is 19.1 Å². The van der Waals surface area contributed by atoms with Crippen LogP contribution in [0.5, 0.6) is 0 Å². The quantitative estimate of drug-likeness (QED) is 0.778. The fraction of sp³-hybridized carbons (Fsp3) is 0.455. The maximum absolute atomic E-state index is 11.8. The Hall–Kier alpha value is -1.14. The van der Waals surface area contributed by atoms with Gasteiger partial charge in [-0.1, -0.05) is 19.1 Å². The molecule has 0 aliphatic rings. The molecular weight excluding hydrogens is 284 g/mol. The second-order valence-corrected chi connectivity index (χ2v) is 4.28. The molecule has 0 spiro atoms. The van der Waals surface area contributed by atoms with Crippen LogP contribution in [0.15, 0.2) is 27.6 Å². The summed E-state index contributed by atoms with van der Waals surface area (Å²) < 4.78 is 1.97. The van der Waals surface area contributed by atoms with E-state index in [4.69, 9.17) is 5.73 Å². The second-order valence-electron chi connectivity index (χ2n) is 3.49. The molecule has 0 aliphatic heterocycles. The summed E-state index contributed by atoms with van der Waals surface area (Å²) in [5.41, 5.74) is 5.91. The van der Waals surface area contributed by atoms with Gasteiger partial charge in [0, 0.05) is 19.6 Å². The molecule has 0 fully saturated rings. The number of nitrogens with one attached hydrogen (secondary N) is 1. The Labute approximate surface area is 109 Å². The first kappa shape index (κ1) is 13.9. The summed E-state index contributed by atoms with van der Waals surface area (Å²) in [7, 11) is 0. The molecular formula is C11H17BrN4O. The molecule has 0 aromatic carbocycles. The number of nitrogens with two attached hydrogens (primary N) is 1. The minimum Gasteiger partial charge on any atom is -0.379 e. The maximum Gasteiger partial charge on any atom is 0.283 e. The van der Waals surface area contributed by atoms with Crippen molar-refractivity contribution in [1.29, 1.82) is 0 Å². The predicted molar refractivity (Wildman–Crippen MR) is 73.2 cm³/mol. The van der Waals surface area contributed by atoms with Gasteiger partial charge in [-0.05, 0) is 22.4 Å². The summed E-state index contributed by atoms with van der Waals surface area (Å²) in [6.45, 7) is 3.77. The summed E-state index contributed by atoms with van der Waals surface area (Å²) in [6.07, 6.45) is 6.29. The fourth-order valence-corrected chi connectivity index (χ4v) is 1.76. The van der Waals surface area contributed by atoms with E-state index in [0.717, 1.165) is 6.42 Å². The van der Waals surface area contributed by atoms with Gasteiger partial charge >= 0.3 is 0 Å². The molecule has 6 heteroatoms. The molecule has 0 bridgehead atoms. The lowest BCUT2D eigenvalue weighted by Crippen LogP contribution is -2.24. The van der Waals surface area contributed by atoms with Gasteiger partial charge in [0.25, 0.3) is 5.56 Å². The monoisotopic (exact) mass is 300 g/mol. The number of aromatic nitrogens is 2. The molecule has 0 radical (unpaired) electrons. The Morgan fingerprint density at radius 1 is 1.59 bits per heavy atom. The Kier molecular flexibility index (Phi) is 5.93. The summed E-state index contributed by atoms with van der Waals surface area (Å²) >= 11 is 3.29. The van der Waals surface area contributed by atoms with Crippen LogP contribution in [0.3, 0.4) is 0 Å². The fourth-order valence-electron chi connectivity index (χ4n) is 1.31. The number of halogens is 1. The van der Waals surface area contributed by atoms with Gasteiger partial charge < -0.3 is 11.1 Å². The van der Waals surface area contributed by atoms with Gasteiger partial charge in [-0.15, -0.1) is 0 Å². The van der Waals surface area contributed by atoms with Crippen LogP contribution in [0, 0.1) is 0 Å². The normalized spacial score (nSPS) is 11.0. The van der Waals surface area contributed by atoms with Crippen molar-refractivity contribution in [2.45, 2.75) is 19.9 Å². The lowest BCUT2D eigenvalue weighted by molar-refractivity contribution is 0.566. The number of rotatable bonds is 6. The van der Waals surface area contributed by atoms with E-state index in [1.165, 1.54) is 4.68 Å². The first-order chi connectivity index (χ1) is 8.20. The molecule has 0 amide bonds. The van der Waals surface area contributed by atoms with Crippen molar-refractivity contribution < 1.29 is 0 Å². The molecule has 0 unspecified atom stereocenters. The average Bonchev–Trinajstić information content (AvgIpc) is 2.33. The highest BCUT2D eigenvalue weighted by Crippen LogP contribution is 2.15. The zero-order chi connectivity index (χ0) is 12.7. The molecule has 0 aliphatic carbocycles. The SMILES string of the molecule is CCCn1ncc(NC/C=C/CN)c(Br)c1=O.